The molecule has 0 bridgehead atoms. The average Bonchev–Trinajstić information content (AvgIpc) is 2.82. The van der Waals surface area contributed by atoms with Crippen molar-refractivity contribution in [2.75, 3.05) is 11.9 Å². The molecule has 94 valence electrons. The van der Waals surface area contributed by atoms with Crippen molar-refractivity contribution in [1.82, 2.24) is 15.3 Å². The summed E-state index contributed by atoms with van der Waals surface area (Å²) in [6.07, 6.45) is 4.10. The van der Waals surface area contributed by atoms with Crippen molar-refractivity contribution in [3.05, 3.63) is 47.5 Å². The van der Waals surface area contributed by atoms with Gasteiger partial charge in [0, 0.05) is 36.1 Å². The fourth-order valence-electron chi connectivity index (χ4n) is 1.47. The van der Waals surface area contributed by atoms with Gasteiger partial charge in [-0.05, 0) is 18.2 Å². The number of urea groups is 1. The summed E-state index contributed by atoms with van der Waals surface area (Å²) in [6, 6.07) is 6.73. The molecule has 2 aromatic rings. The van der Waals surface area contributed by atoms with Crippen molar-refractivity contribution in [3.8, 4) is 0 Å². The largest absolute Gasteiger partial charge is 0.349 e. The maximum atomic E-state index is 11.6. The van der Waals surface area contributed by atoms with E-state index >= 15 is 0 Å². The number of nitrogens with zero attached hydrogens (tertiary/aromatic N) is 1. The molecule has 5 nitrogen and oxygen atoms in total. The summed E-state index contributed by atoms with van der Waals surface area (Å²) in [5.41, 5.74) is 0.665. The molecule has 0 saturated heterocycles. The Kier molecular flexibility index (Phi) is 4.20. The average molecular weight is 265 g/mol. The molecule has 0 fully saturated rings. The molecule has 2 rings (SSSR count). The quantitative estimate of drug-likeness (QED) is 0.794. The van der Waals surface area contributed by atoms with Gasteiger partial charge in [0.2, 0.25) is 0 Å². The Morgan fingerprint density at radius 1 is 1.44 bits per heavy atom. The van der Waals surface area contributed by atoms with E-state index in [9.17, 15) is 4.79 Å². The van der Waals surface area contributed by atoms with Crippen molar-refractivity contribution in [3.63, 3.8) is 0 Å². The van der Waals surface area contributed by atoms with Gasteiger partial charge in [-0.25, -0.2) is 9.78 Å². The second kappa shape index (κ2) is 6.07. The molecular weight excluding hydrogens is 252 g/mol. The second-order valence-electron chi connectivity index (χ2n) is 3.68. The fourth-order valence-corrected chi connectivity index (χ4v) is 1.66. The highest BCUT2D eigenvalue weighted by molar-refractivity contribution is 6.30. The Morgan fingerprint density at radius 2 is 2.33 bits per heavy atom. The zero-order chi connectivity index (χ0) is 12.8. The van der Waals surface area contributed by atoms with Gasteiger partial charge in [-0.15, -0.1) is 0 Å². The fraction of sp³-hybridized carbons (Fsp3) is 0.167. The van der Waals surface area contributed by atoms with Crippen LogP contribution in [0.4, 0.5) is 10.5 Å². The highest BCUT2D eigenvalue weighted by Gasteiger charge is 2.02. The molecule has 0 unspecified atom stereocenters. The van der Waals surface area contributed by atoms with Gasteiger partial charge in [-0.1, -0.05) is 17.7 Å². The second-order valence-corrected chi connectivity index (χ2v) is 4.11. The van der Waals surface area contributed by atoms with Crippen molar-refractivity contribution in [2.24, 2.45) is 0 Å². The molecule has 0 spiro atoms. The van der Waals surface area contributed by atoms with Crippen molar-refractivity contribution >= 4 is 23.3 Å². The van der Waals surface area contributed by atoms with Gasteiger partial charge < -0.3 is 15.6 Å². The van der Waals surface area contributed by atoms with E-state index in [4.69, 9.17) is 11.6 Å². The smallest absolute Gasteiger partial charge is 0.319 e. The normalized spacial score (nSPS) is 10.1. The van der Waals surface area contributed by atoms with Crippen LogP contribution in [0.1, 0.15) is 5.82 Å². The molecule has 0 aliphatic carbocycles. The molecule has 0 aliphatic heterocycles. The van der Waals surface area contributed by atoms with Crippen LogP contribution in [0.15, 0.2) is 36.7 Å². The number of aromatic amines is 1. The monoisotopic (exact) mass is 264 g/mol. The zero-order valence-electron chi connectivity index (χ0n) is 9.61. The number of rotatable bonds is 4. The molecule has 0 aliphatic rings. The Morgan fingerprint density at radius 3 is 3.06 bits per heavy atom. The third-order valence-electron chi connectivity index (χ3n) is 2.28. The Hall–Kier alpha value is -2.01. The molecule has 0 radical (unpaired) electrons. The van der Waals surface area contributed by atoms with Crippen LogP contribution in [0.25, 0.3) is 0 Å². The molecule has 1 aromatic carbocycles. The number of imidazole rings is 1. The van der Waals surface area contributed by atoms with Gasteiger partial charge in [0.1, 0.15) is 5.82 Å². The number of H-pyrrole nitrogens is 1. The van der Waals surface area contributed by atoms with E-state index in [2.05, 4.69) is 20.6 Å². The van der Waals surface area contributed by atoms with Crippen molar-refractivity contribution < 1.29 is 4.79 Å². The lowest BCUT2D eigenvalue weighted by molar-refractivity contribution is 0.252. The number of amides is 2. The lowest BCUT2D eigenvalue weighted by atomic mass is 10.3. The summed E-state index contributed by atoms with van der Waals surface area (Å²) in [4.78, 5) is 18.6. The third kappa shape index (κ3) is 3.78. The SMILES string of the molecule is O=C(NCCc1ncc[nH]1)Nc1cccc(Cl)c1. The van der Waals surface area contributed by atoms with Crippen LogP contribution in [0.2, 0.25) is 5.02 Å². The molecule has 0 saturated carbocycles. The van der Waals surface area contributed by atoms with Gasteiger partial charge in [-0.2, -0.15) is 0 Å². The molecule has 0 atom stereocenters. The maximum Gasteiger partial charge on any atom is 0.319 e. The number of benzene rings is 1. The van der Waals surface area contributed by atoms with E-state index in [1.165, 1.54) is 0 Å². The number of hydrogen-bond donors (Lipinski definition) is 3. The predicted octanol–water partition coefficient (Wildman–Crippen LogP) is 2.43. The highest BCUT2D eigenvalue weighted by atomic mass is 35.5. The van der Waals surface area contributed by atoms with Crippen LogP contribution in [0.3, 0.4) is 0 Å². The van der Waals surface area contributed by atoms with E-state index in [-0.39, 0.29) is 6.03 Å². The molecule has 1 heterocycles. The van der Waals surface area contributed by atoms with E-state index in [1.54, 1.807) is 36.7 Å². The minimum absolute atomic E-state index is 0.260. The van der Waals surface area contributed by atoms with Crippen LogP contribution in [-0.4, -0.2) is 22.5 Å². The third-order valence-corrected chi connectivity index (χ3v) is 2.52. The molecule has 1 aromatic heterocycles. The van der Waals surface area contributed by atoms with E-state index in [0.717, 1.165) is 5.82 Å². The van der Waals surface area contributed by atoms with E-state index in [1.807, 2.05) is 0 Å². The van der Waals surface area contributed by atoms with Crippen molar-refractivity contribution in [2.45, 2.75) is 6.42 Å². The summed E-state index contributed by atoms with van der Waals surface area (Å²) < 4.78 is 0. The first kappa shape index (κ1) is 12.4. The number of carbonyl (C=O) groups excluding carboxylic acids is 1. The minimum atomic E-state index is -0.260. The van der Waals surface area contributed by atoms with Crippen LogP contribution >= 0.6 is 11.6 Å². The highest BCUT2D eigenvalue weighted by Crippen LogP contribution is 2.14. The van der Waals surface area contributed by atoms with Gasteiger partial charge >= 0.3 is 6.03 Å². The first-order valence-electron chi connectivity index (χ1n) is 5.53. The van der Waals surface area contributed by atoms with Crippen LogP contribution in [-0.2, 0) is 6.42 Å². The summed E-state index contributed by atoms with van der Waals surface area (Å²) in [5, 5.41) is 6.02. The van der Waals surface area contributed by atoms with Crippen LogP contribution < -0.4 is 10.6 Å². The molecule has 18 heavy (non-hydrogen) atoms. The summed E-state index contributed by atoms with van der Waals surface area (Å²) >= 11 is 5.82. The lowest BCUT2D eigenvalue weighted by Crippen LogP contribution is -2.30. The van der Waals surface area contributed by atoms with Gasteiger partial charge in [-0.3, -0.25) is 0 Å². The number of carbonyl (C=O) groups is 1. The Bertz CT molecular complexity index is 513. The predicted molar refractivity (Wildman–Crippen MR) is 70.8 cm³/mol. The first-order chi connectivity index (χ1) is 8.74. The van der Waals surface area contributed by atoms with Crippen LogP contribution in [0.5, 0.6) is 0 Å². The number of anilines is 1. The summed E-state index contributed by atoms with van der Waals surface area (Å²) in [6.45, 7) is 0.514. The number of hydrogen-bond acceptors (Lipinski definition) is 2. The summed E-state index contributed by atoms with van der Waals surface area (Å²) in [7, 11) is 0. The molecule has 6 heteroatoms. The standard InChI is InChI=1S/C12H13ClN4O/c13-9-2-1-3-10(8-9)17-12(18)16-5-4-11-14-6-7-15-11/h1-3,6-8H,4-5H2,(H,14,15)(H2,16,17,18). The number of halogens is 1. The molecular formula is C12H13ClN4O. The molecule has 2 amide bonds. The Labute approximate surface area is 110 Å². The summed E-state index contributed by atoms with van der Waals surface area (Å²) in [5.74, 6) is 0.845. The topological polar surface area (TPSA) is 69.8 Å². The Balaban J connectivity index is 1.75. The van der Waals surface area contributed by atoms with Gasteiger partial charge in [0.05, 0.1) is 0 Å². The molecule has 3 N–H and O–H groups in total. The van der Waals surface area contributed by atoms with E-state index < -0.39 is 0 Å². The van der Waals surface area contributed by atoms with Gasteiger partial charge in [0.25, 0.3) is 0 Å². The lowest BCUT2D eigenvalue weighted by Gasteiger charge is -2.07. The van der Waals surface area contributed by atoms with Crippen molar-refractivity contribution in [1.29, 1.82) is 0 Å². The number of aromatic nitrogens is 2. The number of nitrogens with one attached hydrogen (secondary N) is 3. The van der Waals surface area contributed by atoms with E-state index in [0.29, 0.717) is 23.7 Å². The first-order valence-corrected chi connectivity index (χ1v) is 5.90. The van der Waals surface area contributed by atoms with Gasteiger partial charge in [0.15, 0.2) is 0 Å². The minimum Gasteiger partial charge on any atom is -0.349 e. The van der Waals surface area contributed by atoms with Crippen LogP contribution in [0, 0.1) is 0 Å². The zero-order valence-corrected chi connectivity index (χ0v) is 10.4. The maximum absolute atomic E-state index is 11.6.